The number of nitrogens with zero attached hydrogens (tertiary/aromatic N) is 1. The average molecular weight is 145 g/mol. The van der Waals surface area contributed by atoms with E-state index in [9.17, 15) is 5.21 Å². The maximum Gasteiger partial charge on any atom is 0.276 e. The van der Waals surface area contributed by atoms with Crippen molar-refractivity contribution < 1.29 is 4.73 Å². The molecule has 0 spiro atoms. The summed E-state index contributed by atoms with van der Waals surface area (Å²) in [5.74, 6) is 0.113. The Bertz CT molecular complexity index is 226. The van der Waals surface area contributed by atoms with Gasteiger partial charge in [-0.05, 0) is 6.07 Å². The van der Waals surface area contributed by atoms with Gasteiger partial charge in [0.25, 0.3) is 5.82 Å². The van der Waals surface area contributed by atoms with Crippen LogP contribution >= 0.6 is 11.6 Å². The van der Waals surface area contributed by atoms with Crippen molar-refractivity contribution in [2.45, 2.75) is 0 Å². The first kappa shape index (κ1) is 6.16. The summed E-state index contributed by atoms with van der Waals surface area (Å²) in [5, 5.41) is 11.0. The van der Waals surface area contributed by atoms with Gasteiger partial charge in [-0.2, -0.15) is 0 Å². The summed E-state index contributed by atoms with van der Waals surface area (Å²) in [6, 6.07) is 2.87. The van der Waals surface area contributed by atoms with Gasteiger partial charge in [-0.3, -0.25) is 5.73 Å². The number of aromatic nitrogens is 1. The van der Waals surface area contributed by atoms with E-state index in [0.717, 1.165) is 0 Å². The van der Waals surface area contributed by atoms with Gasteiger partial charge in [0.1, 0.15) is 0 Å². The lowest BCUT2D eigenvalue weighted by Crippen LogP contribution is -2.29. The Morgan fingerprint density at radius 1 is 1.67 bits per heavy atom. The maximum atomic E-state index is 10.5. The summed E-state index contributed by atoms with van der Waals surface area (Å²) in [5.41, 5.74) is 5.19. The Morgan fingerprint density at radius 3 is 2.78 bits per heavy atom. The Balaban J connectivity index is 3.17. The topological polar surface area (TPSA) is 53.0 Å². The Kier molecular flexibility index (Phi) is 1.44. The van der Waals surface area contributed by atoms with Crippen LogP contribution in [0, 0.1) is 5.21 Å². The van der Waals surface area contributed by atoms with Crippen LogP contribution in [0.1, 0.15) is 0 Å². The molecule has 0 aliphatic heterocycles. The van der Waals surface area contributed by atoms with Crippen LogP contribution < -0.4 is 10.5 Å². The van der Waals surface area contributed by atoms with E-state index < -0.39 is 0 Å². The SMILES string of the molecule is Nc1cc(Cl)cc[n+]1[O-]. The average Bonchev–Trinajstić information content (AvgIpc) is 1.80. The van der Waals surface area contributed by atoms with E-state index in [1.807, 2.05) is 0 Å². The highest BCUT2D eigenvalue weighted by atomic mass is 35.5. The summed E-state index contributed by atoms with van der Waals surface area (Å²) < 4.78 is 0.547. The zero-order valence-electron chi connectivity index (χ0n) is 4.54. The first-order valence-electron chi connectivity index (χ1n) is 2.34. The fourth-order valence-electron chi connectivity index (χ4n) is 0.478. The Morgan fingerprint density at radius 2 is 2.33 bits per heavy atom. The van der Waals surface area contributed by atoms with E-state index in [-0.39, 0.29) is 5.82 Å². The lowest BCUT2D eigenvalue weighted by molar-refractivity contribution is -0.589. The number of halogens is 1. The molecule has 9 heavy (non-hydrogen) atoms. The molecule has 0 aliphatic carbocycles. The van der Waals surface area contributed by atoms with Crippen molar-refractivity contribution in [3.05, 3.63) is 28.6 Å². The molecular weight excluding hydrogens is 140 g/mol. The third-order valence-corrected chi connectivity index (χ3v) is 1.14. The molecule has 1 aromatic rings. The van der Waals surface area contributed by atoms with Crippen LogP contribution in [0.3, 0.4) is 0 Å². The molecule has 2 N–H and O–H groups in total. The molecule has 0 amide bonds. The van der Waals surface area contributed by atoms with Gasteiger partial charge in [0.2, 0.25) is 0 Å². The van der Waals surface area contributed by atoms with Crippen LogP contribution in [0.5, 0.6) is 0 Å². The number of pyridine rings is 1. The minimum atomic E-state index is 0.113. The quantitative estimate of drug-likeness (QED) is 0.427. The van der Waals surface area contributed by atoms with Gasteiger partial charge in [-0.1, -0.05) is 11.6 Å². The molecule has 1 rings (SSSR count). The number of hydrogen-bond acceptors (Lipinski definition) is 2. The van der Waals surface area contributed by atoms with Crippen LogP contribution in [0.15, 0.2) is 18.3 Å². The van der Waals surface area contributed by atoms with Gasteiger partial charge in [0, 0.05) is 6.07 Å². The van der Waals surface area contributed by atoms with Gasteiger partial charge < -0.3 is 5.21 Å². The van der Waals surface area contributed by atoms with Crippen molar-refractivity contribution in [1.29, 1.82) is 0 Å². The molecule has 0 unspecified atom stereocenters. The summed E-state index contributed by atoms with van der Waals surface area (Å²) >= 11 is 5.48. The normalized spacial score (nSPS) is 9.44. The Labute approximate surface area is 57.3 Å². The summed E-state index contributed by atoms with van der Waals surface area (Å²) in [6.07, 6.45) is 1.26. The summed E-state index contributed by atoms with van der Waals surface area (Å²) in [7, 11) is 0. The highest BCUT2D eigenvalue weighted by Gasteiger charge is 1.94. The first-order valence-corrected chi connectivity index (χ1v) is 2.72. The molecule has 1 heterocycles. The van der Waals surface area contributed by atoms with Crippen LogP contribution in [0.4, 0.5) is 5.82 Å². The second-order valence-corrected chi connectivity index (χ2v) is 2.03. The van der Waals surface area contributed by atoms with Gasteiger partial charge in [0.05, 0.1) is 11.2 Å². The van der Waals surface area contributed by atoms with E-state index >= 15 is 0 Å². The lowest BCUT2D eigenvalue weighted by Gasteiger charge is -2.01. The van der Waals surface area contributed by atoms with E-state index in [1.165, 1.54) is 18.3 Å². The molecule has 0 fully saturated rings. The van der Waals surface area contributed by atoms with E-state index in [4.69, 9.17) is 17.3 Å². The standard InChI is InChI=1S/C5H5ClN2O/c6-4-1-2-8(9)5(7)3-4/h1-3H,7H2. The van der Waals surface area contributed by atoms with Gasteiger partial charge in [-0.15, -0.1) is 0 Å². The van der Waals surface area contributed by atoms with Crippen LogP contribution in [-0.4, -0.2) is 0 Å². The molecule has 0 bridgehead atoms. The third-order valence-electron chi connectivity index (χ3n) is 0.909. The van der Waals surface area contributed by atoms with E-state index in [2.05, 4.69) is 0 Å². The van der Waals surface area contributed by atoms with E-state index in [1.54, 1.807) is 0 Å². The molecule has 1 aromatic heterocycles. The van der Waals surface area contributed by atoms with Crippen molar-refractivity contribution in [1.82, 2.24) is 0 Å². The highest BCUT2D eigenvalue weighted by Crippen LogP contribution is 2.06. The number of hydrogen-bond donors (Lipinski definition) is 1. The molecule has 48 valence electrons. The first-order chi connectivity index (χ1) is 4.20. The van der Waals surface area contributed by atoms with E-state index in [0.29, 0.717) is 9.75 Å². The number of nitrogen functional groups attached to an aromatic ring is 1. The van der Waals surface area contributed by atoms with Crippen molar-refractivity contribution >= 4 is 17.4 Å². The zero-order valence-corrected chi connectivity index (χ0v) is 5.30. The fraction of sp³-hybridized carbons (Fsp3) is 0. The lowest BCUT2D eigenvalue weighted by atomic mass is 10.5. The van der Waals surface area contributed by atoms with Crippen molar-refractivity contribution in [3.8, 4) is 0 Å². The molecule has 0 saturated carbocycles. The molecule has 0 saturated heterocycles. The molecule has 4 heteroatoms. The Hall–Kier alpha value is -0.960. The van der Waals surface area contributed by atoms with Crippen molar-refractivity contribution in [3.63, 3.8) is 0 Å². The number of nitrogens with two attached hydrogens (primary N) is 1. The maximum absolute atomic E-state index is 10.5. The molecule has 0 radical (unpaired) electrons. The fourth-order valence-corrected chi connectivity index (χ4v) is 0.646. The minimum Gasteiger partial charge on any atom is -0.711 e. The largest absolute Gasteiger partial charge is 0.711 e. The second kappa shape index (κ2) is 2.11. The molecule has 0 aliphatic rings. The molecule has 3 nitrogen and oxygen atoms in total. The monoisotopic (exact) mass is 144 g/mol. The summed E-state index contributed by atoms with van der Waals surface area (Å²) in [6.45, 7) is 0. The zero-order chi connectivity index (χ0) is 6.85. The van der Waals surface area contributed by atoms with Crippen molar-refractivity contribution in [2.75, 3.05) is 5.73 Å². The van der Waals surface area contributed by atoms with Crippen molar-refractivity contribution in [2.24, 2.45) is 0 Å². The van der Waals surface area contributed by atoms with Gasteiger partial charge >= 0.3 is 0 Å². The molecule has 0 aromatic carbocycles. The number of anilines is 1. The third kappa shape index (κ3) is 1.23. The van der Waals surface area contributed by atoms with Crippen LogP contribution in [0.2, 0.25) is 5.02 Å². The second-order valence-electron chi connectivity index (χ2n) is 1.60. The van der Waals surface area contributed by atoms with Crippen LogP contribution in [-0.2, 0) is 0 Å². The number of rotatable bonds is 0. The minimum absolute atomic E-state index is 0.113. The smallest absolute Gasteiger partial charge is 0.276 e. The summed E-state index contributed by atoms with van der Waals surface area (Å²) in [4.78, 5) is 0. The highest BCUT2D eigenvalue weighted by molar-refractivity contribution is 6.30. The van der Waals surface area contributed by atoms with Gasteiger partial charge in [-0.25, -0.2) is 4.73 Å². The predicted octanol–water partition coefficient (Wildman–Crippen LogP) is 0.556. The van der Waals surface area contributed by atoms with Crippen LogP contribution in [0.25, 0.3) is 0 Å². The molecular formula is C5H5ClN2O. The molecule has 0 atom stereocenters. The van der Waals surface area contributed by atoms with Gasteiger partial charge in [0.15, 0.2) is 0 Å². The predicted molar refractivity (Wildman–Crippen MR) is 34.8 cm³/mol.